The molecule has 13 heavy (non-hydrogen) atoms. The second kappa shape index (κ2) is 4.01. The number of ether oxygens (including phenoxy) is 1. The maximum absolute atomic E-state index is 5.57. The standard InChI is InChI=1S/C9H14ClNO2/c1-4-9(2,3)13-8-11-7(5-10)6-12-8/h6H,4-5H2,1-3H3. The third-order valence-electron chi connectivity index (χ3n) is 1.88. The van der Waals surface area contributed by atoms with Gasteiger partial charge in [0.2, 0.25) is 0 Å². The third kappa shape index (κ3) is 2.92. The molecule has 0 unspecified atom stereocenters. The molecule has 1 heterocycles. The number of oxazole rings is 1. The van der Waals surface area contributed by atoms with Gasteiger partial charge in [0, 0.05) is 0 Å². The Labute approximate surface area is 83.1 Å². The number of hydrogen-bond acceptors (Lipinski definition) is 3. The van der Waals surface area contributed by atoms with E-state index in [-0.39, 0.29) is 5.60 Å². The first-order chi connectivity index (χ1) is 6.07. The number of alkyl halides is 1. The molecule has 1 aromatic rings. The number of aromatic nitrogens is 1. The summed E-state index contributed by atoms with van der Waals surface area (Å²) < 4.78 is 10.6. The molecule has 3 nitrogen and oxygen atoms in total. The Bertz CT molecular complexity index is 270. The molecule has 0 atom stereocenters. The van der Waals surface area contributed by atoms with E-state index in [4.69, 9.17) is 20.8 Å². The van der Waals surface area contributed by atoms with Crippen molar-refractivity contribution in [3.8, 4) is 6.08 Å². The molecule has 4 heteroatoms. The first kappa shape index (κ1) is 10.4. The van der Waals surface area contributed by atoms with Crippen LogP contribution in [-0.4, -0.2) is 10.6 Å². The van der Waals surface area contributed by atoms with Gasteiger partial charge < -0.3 is 9.15 Å². The van der Waals surface area contributed by atoms with E-state index in [1.54, 1.807) is 0 Å². The van der Waals surface area contributed by atoms with Gasteiger partial charge in [-0.2, -0.15) is 4.98 Å². The molecule has 0 fully saturated rings. The first-order valence-electron chi connectivity index (χ1n) is 4.27. The van der Waals surface area contributed by atoms with Crippen molar-refractivity contribution in [2.75, 3.05) is 0 Å². The zero-order chi connectivity index (χ0) is 9.90. The van der Waals surface area contributed by atoms with E-state index in [1.165, 1.54) is 6.26 Å². The minimum absolute atomic E-state index is 0.242. The third-order valence-corrected chi connectivity index (χ3v) is 2.16. The maximum Gasteiger partial charge on any atom is 0.394 e. The Hall–Kier alpha value is -0.700. The predicted octanol–water partition coefficient (Wildman–Crippen LogP) is 2.98. The van der Waals surface area contributed by atoms with Crippen molar-refractivity contribution in [1.29, 1.82) is 0 Å². The SMILES string of the molecule is CCC(C)(C)Oc1nc(CCl)co1. The van der Waals surface area contributed by atoms with E-state index in [9.17, 15) is 0 Å². The summed E-state index contributed by atoms with van der Waals surface area (Å²) in [6.07, 6.45) is 2.70. The fraction of sp³-hybridized carbons (Fsp3) is 0.667. The molecule has 0 radical (unpaired) electrons. The molecule has 0 spiro atoms. The van der Waals surface area contributed by atoms with Crippen molar-refractivity contribution in [2.24, 2.45) is 0 Å². The van der Waals surface area contributed by atoms with Gasteiger partial charge in [0.15, 0.2) is 0 Å². The van der Waals surface area contributed by atoms with Gasteiger partial charge in [-0.15, -0.1) is 11.6 Å². The molecule has 0 bridgehead atoms. The Morgan fingerprint density at radius 2 is 2.31 bits per heavy atom. The van der Waals surface area contributed by atoms with Gasteiger partial charge in [-0.25, -0.2) is 0 Å². The topological polar surface area (TPSA) is 35.3 Å². The van der Waals surface area contributed by atoms with E-state index >= 15 is 0 Å². The molecule has 0 aliphatic carbocycles. The molecule has 0 aliphatic heterocycles. The minimum atomic E-state index is -0.242. The van der Waals surface area contributed by atoms with Crippen LogP contribution in [0, 0.1) is 0 Å². The summed E-state index contributed by atoms with van der Waals surface area (Å²) in [5, 5.41) is 0. The zero-order valence-corrected chi connectivity index (χ0v) is 8.89. The second-order valence-corrected chi connectivity index (χ2v) is 3.72. The van der Waals surface area contributed by atoms with Crippen molar-refractivity contribution in [3.63, 3.8) is 0 Å². The highest BCUT2D eigenvalue weighted by atomic mass is 35.5. The number of hydrogen-bond donors (Lipinski definition) is 0. The predicted molar refractivity (Wildman–Crippen MR) is 51.1 cm³/mol. The summed E-state index contributed by atoms with van der Waals surface area (Å²) in [6, 6.07) is 0. The Kier molecular flexibility index (Phi) is 3.20. The van der Waals surface area contributed by atoms with Gasteiger partial charge in [-0.1, -0.05) is 6.92 Å². The fourth-order valence-electron chi connectivity index (χ4n) is 0.705. The van der Waals surface area contributed by atoms with Crippen molar-refractivity contribution in [3.05, 3.63) is 12.0 Å². The molecular weight excluding hydrogens is 190 g/mol. The summed E-state index contributed by atoms with van der Waals surface area (Å²) in [4.78, 5) is 4.04. The van der Waals surface area contributed by atoms with Gasteiger partial charge in [0.25, 0.3) is 0 Å². The first-order valence-corrected chi connectivity index (χ1v) is 4.80. The summed E-state index contributed by atoms with van der Waals surface area (Å²) >= 11 is 5.57. The molecule has 0 aliphatic rings. The molecule has 0 N–H and O–H groups in total. The van der Waals surface area contributed by atoms with E-state index < -0.39 is 0 Å². The van der Waals surface area contributed by atoms with Crippen LogP contribution in [-0.2, 0) is 5.88 Å². The highest BCUT2D eigenvalue weighted by molar-refractivity contribution is 6.16. The largest absolute Gasteiger partial charge is 0.444 e. The van der Waals surface area contributed by atoms with Crippen LogP contribution in [0.15, 0.2) is 10.7 Å². The van der Waals surface area contributed by atoms with Crippen LogP contribution < -0.4 is 4.74 Å². The van der Waals surface area contributed by atoms with Gasteiger partial charge in [-0.05, 0) is 20.3 Å². The Morgan fingerprint density at radius 3 is 2.77 bits per heavy atom. The lowest BCUT2D eigenvalue weighted by Gasteiger charge is -2.21. The molecule has 0 saturated carbocycles. The maximum atomic E-state index is 5.57. The van der Waals surface area contributed by atoms with Gasteiger partial charge in [0.1, 0.15) is 11.9 Å². The normalized spacial score (nSPS) is 11.7. The summed E-state index contributed by atoms with van der Waals surface area (Å²) in [7, 11) is 0. The lowest BCUT2D eigenvalue weighted by Crippen LogP contribution is -2.26. The van der Waals surface area contributed by atoms with Gasteiger partial charge in [0.05, 0.1) is 11.6 Å². The lowest BCUT2D eigenvalue weighted by atomic mass is 10.1. The average Bonchev–Trinajstić information content (AvgIpc) is 2.52. The summed E-state index contributed by atoms with van der Waals surface area (Å²) in [5.41, 5.74) is 0.456. The molecule has 74 valence electrons. The van der Waals surface area contributed by atoms with E-state index in [1.807, 2.05) is 20.8 Å². The number of halogens is 1. The minimum Gasteiger partial charge on any atom is -0.444 e. The summed E-state index contributed by atoms with van der Waals surface area (Å²) in [6.45, 7) is 6.01. The van der Waals surface area contributed by atoms with E-state index in [2.05, 4.69) is 4.98 Å². The van der Waals surface area contributed by atoms with Crippen molar-refractivity contribution < 1.29 is 9.15 Å². The van der Waals surface area contributed by atoms with Crippen LogP contribution in [0.5, 0.6) is 6.08 Å². The second-order valence-electron chi connectivity index (χ2n) is 3.45. The van der Waals surface area contributed by atoms with Crippen LogP contribution in [0.3, 0.4) is 0 Å². The van der Waals surface area contributed by atoms with Crippen molar-refractivity contribution in [1.82, 2.24) is 4.98 Å². The van der Waals surface area contributed by atoms with Crippen LogP contribution >= 0.6 is 11.6 Å². The van der Waals surface area contributed by atoms with Crippen LogP contribution in [0.4, 0.5) is 0 Å². The Balaban J connectivity index is 2.63. The highest BCUT2D eigenvalue weighted by Crippen LogP contribution is 2.20. The smallest absolute Gasteiger partial charge is 0.394 e. The van der Waals surface area contributed by atoms with Crippen LogP contribution in [0.2, 0.25) is 0 Å². The van der Waals surface area contributed by atoms with Gasteiger partial charge >= 0.3 is 6.08 Å². The number of rotatable bonds is 4. The molecule has 1 rings (SSSR count). The fourth-order valence-corrected chi connectivity index (χ4v) is 0.828. The highest BCUT2D eigenvalue weighted by Gasteiger charge is 2.19. The lowest BCUT2D eigenvalue weighted by molar-refractivity contribution is 0.0667. The molecule has 0 amide bonds. The van der Waals surface area contributed by atoms with Crippen molar-refractivity contribution in [2.45, 2.75) is 38.7 Å². The molecular formula is C9H14ClNO2. The van der Waals surface area contributed by atoms with Gasteiger partial charge in [-0.3, -0.25) is 0 Å². The zero-order valence-electron chi connectivity index (χ0n) is 8.13. The van der Waals surface area contributed by atoms with E-state index in [0.717, 1.165) is 6.42 Å². The molecule has 0 saturated heterocycles. The van der Waals surface area contributed by atoms with E-state index in [0.29, 0.717) is 17.7 Å². The molecule has 1 aromatic heterocycles. The molecule has 0 aromatic carbocycles. The monoisotopic (exact) mass is 203 g/mol. The van der Waals surface area contributed by atoms with Crippen LogP contribution in [0.25, 0.3) is 0 Å². The van der Waals surface area contributed by atoms with Crippen molar-refractivity contribution >= 4 is 11.6 Å². The quantitative estimate of drug-likeness (QED) is 0.706. The van der Waals surface area contributed by atoms with Crippen LogP contribution in [0.1, 0.15) is 32.9 Å². The summed E-state index contributed by atoms with van der Waals surface area (Å²) in [5.74, 6) is 0.347. The number of nitrogens with zero attached hydrogens (tertiary/aromatic N) is 1. The Morgan fingerprint density at radius 1 is 1.62 bits per heavy atom. The average molecular weight is 204 g/mol.